The molecule has 1 heterocycles. The van der Waals surface area contributed by atoms with E-state index in [0.717, 1.165) is 11.0 Å². The van der Waals surface area contributed by atoms with Crippen LogP contribution in [-0.4, -0.2) is 30.9 Å². The standard InChI is InChI=1S/C17H25BO4/c1-6-20-15(19)12-9-13-7-10-14(11-8-13)18-21-16(2,3)17(4,5)22-18/h7-8,10-11H,6,9,12H2,1-5H3. The van der Waals surface area contributed by atoms with Crippen LogP contribution >= 0.6 is 0 Å². The van der Waals surface area contributed by atoms with Gasteiger partial charge in [0.25, 0.3) is 0 Å². The lowest BCUT2D eigenvalue weighted by molar-refractivity contribution is -0.143. The zero-order chi connectivity index (χ0) is 16.4. The lowest BCUT2D eigenvalue weighted by Gasteiger charge is -2.32. The molecule has 0 spiro atoms. The lowest BCUT2D eigenvalue weighted by Crippen LogP contribution is -2.41. The summed E-state index contributed by atoms with van der Waals surface area (Å²) in [6, 6.07) is 8.03. The number of carbonyl (C=O) groups excluding carboxylic acids is 1. The van der Waals surface area contributed by atoms with Crippen LogP contribution < -0.4 is 5.46 Å². The molecule has 0 radical (unpaired) electrons. The summed E-state index contributed by atoms with van der Waals surface area (Å²) in [4.78, 5) is 11.4. The first-order valence-corrected chi connectivity index (χ1v) is 7.85. The van der Waals surface area contributed by atoms with Gasteiger partial charge in [-0.25, -0.2) is 0 Å². The highest BCUT2D eigenvalue weighted by atomic mass is 16.7. The predicted molar refractivity (Wildman–Crippen MR) is 87.1 cm³/mol. The molecule has 0 bridgehead atoms. The summed E-state index contributed by atoms with van der Waals surface area (Å²) >= 11 is 0. The molecule has 0 atom stereocenters. The van der Waals surface area contributed by atoms with Gasteiger partial charge in [0.1, 0.15) is 0 Å². The first-order chi connectivity index (χ1) is 10.2. The Kier molecular flexibility index (Phi) is 4.98. The SMILES string of the molecule is CCOC(=O)CCc1ccc(B2OC(C)(C)C(C)(C)O2)cc1. The fourth-order valence-corrected chi connectivity index (χ4v) is 2.30. The van der Waals surface area contributed by atoms with E-state index in [0.29, 0.717) is 19.4 Å². The predicted octanol–water partition coefficient (Wildman–Crippen LogP) is 2.48. The van der Waals surface area contributed by atoms with E-state index in [4.69, 9.17) is 14.0 Å². The third kappa shape index (κ3) is 3.71. The van der Waals surface area contributed by atoms with Gasteiger partial charge in [-0.1, -0.05) is 24.3 Å². The van der Waals surface area contributed by atoms with Gasteiger partial charge in [-0.05, 0) is 52.1 Å². The van der Waals surface area contributed by atoms with Gasteiger partial charge < -0.3 is 14.0 Å². The van der Waals surface area contributed by atoms with Crippen molar-refractivity contribution in [2.45, 2.75) is 58.7 Å². The molecular formula is C17H25BO4. The molecule has 4 nitrogen and oxygen atoms in total. The van der Waals surface area contributed by atoms with Gasteiger partial charge in [-0.2, -0.15) is 0 Å². The van der Waals surface area contributed by atoms with E-state index in [9.17, 15) is 4.79 Å². The minimum Gasteiger partial charge on any atom is -0.466 e. The Morgan fingerprint density at radius 3 is 2.14 bits per heavy atom. The summed E-state index contributed by atoms with van der Waals surface area (Å²) < 4.78 is 17.0. The summed E-state index contributed by atoms with van der Waals surface area (Å²) in [7, 11) is -0.343. The van der Waals surface area contributed by atoms with Gasteiger partial charge >= 0.3 is 13.1 Å². The number of rotatable bonds is 5. The summed E-state index contributed by atoms with van der Waals surface area (Å²) in [5.74, 6) is -0.155. The van der Waals surface area contributed by atoms with Gasteiger partial charge in [0, 0.05) is 6.42 Å². The number of esters is 1. The Labute approximate surface area is 133 Å². The van der Waals surface area contributed by atoms with E-state index in [2.05, 4.69) is 0 Å². The molecule has 1 saturated heterocycles. The van der Waals surface area contributed by atoms with E-state index >= 15 is 0 Å². The molecule has 1 aromatic carbocycles. The van der Waals surface area contributed by atoms with Gasteiger partial charge in [-0.3, -0.25) is 4.79 Å². The second kappa shape index (κ2) is 6.43. The highest BCUT2D eigenvalue weighted by molar-refractivity contribution is 6.62. The van der Waals surface area contributed by atoms with Crippen LogP contribution in [0.1, 0.15) is 46.6 Å². The van der Waals surface area contributed by atoms with Crippen molar-refractivity contribution < 1.29 is 18.8 Å². The summed E-state index contributed by atoms with van der Waals surface area (Å²) in [6.07, 6.45) is 1.09. The minimum absolute atomic E-state index is 0.155. The molecule has 0 N–H and O–H groups in total. The van der Waals surface area contributed by atoms with Crippen LogP contribution in [0.15, 0.2) is 24.3 Å². The number of hydrogen-bond donors (Lipinski definition) is 0. The molecule has 2 rings (SSSR count). The van der Waals surface area contributed by atoms with E-state index in [1.807, 2.05) is 58.9 Å². The van der Waals surface area contributed by atoms with Crippen LogP contribution in [0.3, 0.4) is 0 Å². The average molecular weight is 304 g/mol. The molecule has 0 aliphatic carbocycles. The quantitative estimate of drug-likeness (QED) is 0.619. The first kappa shape index (κ1) is 17.0. The molecule has 0 aromatic heterocycles. The summed E-state index contributed by atoms with van der Waals surface area (Å²) in [5, 5.41) is 0. The summed E-state index contributed by atoms with van der Waals surface area (Å²) in [5.41, 5.74) is 1.44. The maximum atomic E-state index is 11.4. The average Bonchev–Trinajstić information content (AvgIpc) is 2.66. The number of carbonyl (C=O) groups is 1. The van der Waals surface area contributed by atoms with Crippen molar-refractivity contribution in [3.05, 3.63) is 29.8 Å². The Bertz CT molecular complexity index is 506. The van der Waals surface area contributed by atoms with Gasteiger partial charge in [0.05, 0.1) is 17.8 Å². The topological polar surface area (TPSA) is 44.8 Å². The summed E-state index contributed by atoms with van der Waals surface area (Å²) in [6.45, 7) is 10.4. The molecule has 1 aliphatic rings. The zero-order valence-electron chi connectivity index (χ0n) is 14.1. The third-order valence-electron chi connectivity index (χ3n) is 4.43. The second-order valence-electron chi connectivity index (χ2n) is 6.63. The maximum absolute atomic E-state index is 11.4. The molecule has 1 aromatic rings. The molecule has 0 amide bonds. The third-order valence-corrected chi connectivity index (χ3v) is 4.43. The Morgan fingerprint density at radius 2 is 1.64 bits per heavy atom. The molecule has 0 unspecified atom stereocenters. The molecule has 0 saturated carbocycles. The number of aryl methyl sites for hydroxylation is 1. The largest absolute Gasteiger partial charge is 0.494 e. The molecule has 120 valence electrons. The Morgan fingerprint density at radius 1 is 1.09 bits per heavy atom. The van der Waals surface area contributed by atoms with E-state index in [-0.39, 0.29) is 24.3 Å². The molecule has 5 heteroatoms. The monoisotopic (exact) mass is 304 g/mol. The molecular weight excluding hydrogens is 279 g/mol. The van der Waals surface area contributed by atoms with Gasteiger partial charge in [0.2, 0.25) is 0 Å². The molecule has 22 heavy (non-hydrogen) atoms. The van der Waals surface area contributed by atoms with Crippen LogP contribution in [0, 0.1) is 0 Å². The maximum Gasteiger partial charge on any atom is 0.494 e. The van der Waals surface area contributed by atoms with Crippen LogP contribution in [0.5, 0.6) is 0 Å². The van der Waals surface area contributed by atoms with Crippen LogP contribution in [0.25, 0.3) is 0 Å². The van der Waals surface area contributed by atoms with E-state index in [1.54, 1.807) is 0 Å². The number of hydrogen-bond acceptors (Lipinski definition) is 4. The second-order valence-corrected chi connectivity index (χ2v) is 6.63. The van der Waals surface area contributed by atoms with Crippen molar-refractivity contribution in [2.24, 2.45) is 0 Å². The smallest absolute Gasteiger partial charge is 0.466 e. The first-order valence-electron chi connectivity index (χ1n) is 7.85. The van der Waals surface area contributed by atoms with Crippen LogP contribution in [0.2, 0.25) is 0 Å². The molecule has 1 aliphatic heterocycles. The van der Waals surface area contributed by atoms with Gasteiger partial charge in [-0.15, -0.1) is 0 Å². The highest BCUT2D eigenvalue weighted by Gasteiger charge is 2.51. The zero-order valence-corrected chi connectivity index (χ0v) is 14.1. The van der Waals surface area contributed by atoms with E-state index in [1.165, 1.54) is 0 Å². The van der Waals surface area contributed by atoms with Crippen molar-refractivity contribution in [3.63, 3.8) is 0 Å². The minimum atomic E-state index is -0.343. The van der Waals surface area contributed by atoms with Gasteiger partial charge in [0.15, 0.2) is 0 Å². The number of ether oxygens (including phenoxy) is 1. The van der Waals surface area contributed by atoms with Crippen molar-refractivity contribution >= 4 is 18.6 Å². The normalized spacial score (nSPS) is 19.2. The van der Waals surface area contributed by atoms with Crippen LogP contribution in [0.4, 0.5) is 0 Å². The number of benzene rings is 1. The van der Waals surface area contributed by atoms with Crippen molar-refractivity contribution in [3.8, 4) is 0 Å². The fraction of sp³-hybridized carbons (Fsp3) is 0.588. The van der Waals surface area contributed by atoms with Crippen molar-refractivity contribution in [1.82, 2.24) is 0 Å². The molecule has 1 fully saturated rings. The fourth-order valence-electron chi connectivity index (χ4n) is 2.30. The van der Waals surface area contributed by atoms with Crippen molar-refractivity contribution in [2.75, 3.05) is 6.61 Å². The highest BCUT2D eigenvalue weighted by Crippen LogP contribution is 2.36. The lowest BCUT2D eigenvalue weighted by atomic mass is 9.78. The Hall–Kier alpha value is -1.33. The Balaban J connectivity index is 1.97. The van der Waals surface area contributed by atoms with Crippen LogP contribution in [-0.2, 0) is 25.3 Å². The van der Waals surface area contributed by atoms with Crippen molar-refractivity contribution in [1.29, 1.82) is 0 Å². The van der Waals surface area contributed by atoms with E-state index < -0.39 is 0 Å².